The Morgan fingerprint density at radius 3 is 2.50 bits per heavy atom. The van der Waals surface area contributed by atoms with Gasteiger partial charge in [-0.25, -0.2) is 0 Å². The summed E-state index contributed by atoms with van der Waals surface area (Å²) in [6.07, 6.45) is 5.42. The fraction of sp³-hybridized carbons (Fsp3) is 0.562. The van der Waals surface area contributed by atoms with E-state index in [9.17, 15) is 4.79 Å². The van der Waals surface area contributed by atoms with Gasteiger partial charge in [0.15, 0.2) is 0 Å². The Hall–Kier alpha value is -1.00. The molecule has 4 heteroatoms. The van der Waals surface area contributed by atoms with Crippen LogP contribution in [0.15, 0.2) is 30.3 Å². The average molecular weight is 292 g/mol. The van der Waals surface area contributed by atoms with Crippen molar-refractivity contribution in [2.75, 3.05) is 36.5 Å². The third kappa shape index (κ3) is 5.97. The Kier molecular flexibility index (Phi) is 6.95. The molecule has 20 heavy (non-hydrogen) atoms. The largest absolute Gasteiger partial charge is 0.325 e. The van der Waals surface area contributed by atoms with Crippen LogP contribution in [-0.4, -0.2) is 41.9 Å². The summed E-state index contributed by atoms with van der Waals surface area (Å²) in [5.41, 5.74) is 0.880. The smallest absolute Gasteiger partial charge is 0.234 e. The van der Waals surface area contributed by atoms with Crippen molar-refractivity contribution in [1.82, 2.24) is 4.90 Å². The fourth-order valence-electron chi connectivity index (χ4n) is 2.44. The second-order valence-electron chi connectivity index (χ2n) is 5.22. The van der Waals surface area contributed by atoms with E-state index in [-0.39, 0.29) is 5.91 Å². The first-order chi connectivity index (χ1) is 9.84. The Bertz CT molecular complexity index is 389. The van der Waals surface area contributed by atoms with E-state index in [1.54, 1.807) is 11.8 Å². The Morgan fingerprint density at radius 2 is 1.80 bits per heavy atom. The SMILES string of the molecule is O=C(CSCCN1CCCCCC1)Nc1ccccc1. The van der Waals surface area contributed by atoms with E-state index in [0.29, 0.717) is 5.75 Å². The van der Waals surface area contributed by atoms with E-state index < -0.39 is 0 Å². The van der Waals surface area contributed by atoms with Gasteiger partial charge in [-0.2, -0.15) is 11.8 Å². The van der Waals surface area contributed by atoms with Crippen LogP contribution >= 0.6 is 11.8 Å². The number of hydrogen-bond acceptors (Lipinski definition) is 3. The maximum atomic E-state index is 11.8. The lowest BCUT2D eigenvalue weighted by atomic mass is 10.2. The van der Waals surface area contributed by atoms with Gasteiger partial charge < -0.3 is 10.2 Å². The van der Waals surface area contributed by atoms with Crippen molar-refractivity contribution in [3.63, 3.8) is 0 Å². The van der Waals surface area contributed by atoms with Crippen LogP contribution in [0.1, 0.15) is 25.7 Å². The van der Waals surface area contributed by atoms with Gasteiger partial charge in [-0.05, 0) is 38.1 Å². The molecule has 0 aliphatic carbocycles. The van der Waals surface area contributed by atoms with Crippen molar-refractivity contribution in [1.29, 1.82) is 0 Å². The van der Waals surface area contributed by atoms with Gasteiger partial charge in [0.2, 0.25) is 5.91 Å². The highest BCUT2D eigenvalue weighted by Crippen LogP contribution is 2.11. The van der Waals surface area contributed by atoms with Crippen LogP contribution in [0.5, 0.6) is 0 Å². The van der Waals surface area contributed by atoms with Gasteiger partial charge in [0, 0.05) is 18.0 Å². The van der Waals surface area contributed by atoms with Crippen molar-refractivity contribution in [2.45, 2.75) is 25.7 Å². The minimum Gasteiger partial charge on any atom is -0.325 e. The van der Waals surface area contributed by atoms with Crippen LogP contribution < -0.4 is 5.32 Å². The van der Waals surface area contributed by atoms with Gasteiger partial charge in [0.1, 0.15) is 0 Å². The topological polar surface area (TPSA) is 32.3 Å². The summed E-state index contributed by atoms with van der Waals surface area (Å²) in [6, 6.07) is 9.65. The van der Waals surface area contributed by atoms with Gasteiger partial charge in [-0.1, -0.05) is 31.0 Å². The number of carbonyl (C=O) groups is 1. The summed E-state index contributed by atoms with van der Waals surface area (Å²) < 4.78 is 0. The maximum Gasteiger partial charge on any atom is 0.234 e. The molecular weight excluding hydrogens is 268 g/mol. The number of anilines is 1. The number of para-hydroxylation sites is 1. The fourth-order valence-corrected chi connectivity index (χ4v) is 3.23. The monoisotopic (exact) mass is 292 g/mol. The zero-order valence-electron chi connectivity index (χ0n) is 12.0. The lowest BCUT2D eigenvalue weighted by molar-refractivity contribution is -0.113. The van der Waals surface area contributed by atoms with Crippen molar-refractivity contribution in [2.24, 2.45) is 0 Å². The third-order valence-electron chi connectivity index (χ3n) is 3.54. The minimum atomic E-state index is 0.0945. The summed E-state index contributed by atoms with van der Waals surface area (Å²) in [4.78, 5) is 14.3. The molecule has 1 amide bonds. The molecule has 0 unspecified atom stereocenters. The molecule has 0 radical (unpaired) electrons. The normalized spacial score (nSPS) is 16.6. The molecule has 1 aromatic carbocycles. The predicted molar refractivity (Wildman–Crippen MR) is 87.3 cm³/mol. The van der Waals surface area contributed by atoms with E-state index in [0.717, 1.165) is 18.0 Å². The van der Waals surface area contributed by atoms with E-state index >= 15 is 0 Å². The molecule has 110 valence electrons. The molecule has 0 atom stereocenters. The molecule has 1 aromatic rings. The highest BCUT2D eigenvalue weighted by molar-refractivity contribution is 7.99. The van der Waals surface area contributed by atoms with Crippen LogP contribution in [-0.2, 0) is 4.79 Å². The molecule has 0 aromatic heterocycles. The first-order valence-electron chi connectivity index (χ1n) is 7.49. The van der Waals surface area contributed by atoms with Crippen LogP contribution in [0.25, 0.3) is 0 Å². The quantitative estimate of drug-likeness (QED) is 0.817. The van der Waals surface area contributed by atoms with Crippen molar-refractivity contribution in [3.8, 4) is 0 Å². The van der Waals surface area contributed by atoms with E-state index in [1.807, 2.05) is 30.3 Å². The van der Waals surface area contributed by atoms with Gasteiger partial charge in [0.25, 0.3) is 0 Å². The molecule has 1 heterocycles. The summed E-state index contributed by atoms with van der Waals surface area (Å²) in [5, 5.41) is 2.92. The maximum absolute atomic E-state index is 11.8. The average Bonchev–Trinajstić information content (AvgIpc) is 2.73. The highest BCUT2D eigenvalue weighted by atomic mass is 32.2. The van der Waals surface area contributed by atoms with Crippen LogP contribution in [0.3, 0.4) is 0 Å². The van der Waals surface area contributed by atoms with Gasteiger partial charge >= 0.3 is 0 Å². The summed E-state index contributed by atoms with van der Waals surface area (Å²) >= 11 is 1.73. The molecule has 2 rings (SSSR count). The van der Waals surface area contributed by atoms with E-state index in [4.69, 9.17) is 0 Å². The molecular formula is C16H24N2OS. The number of nitrogens with one attached hydrogen (secondary N) is 1. The lowest BCUT2D eigenvalue weighted by Crippen LogP contribution is -2.27. The second kappa shape index (κ2) is 9.03. The zero-order valence-corrected chi connectivity index (χ0v) is 12.8. The van der Waals surface area contributed by atoms with Crippen molar-refractivity contribution < 1.29 is 4.79 Å². The number of nitrogens with zero attached hydrogens (tertiary/aromatic N) is 1. The molecule has 0 spiro atoms. The highest BCUT2D eigenvalue weighted by Gasteiger charge is 2.09. The summed E-state index contributed by atoms with van der Waals surface area (Å²) in [7, 11) is 0. The first kappa shape index (κ1) is 15.4. The standard InChI is InChI=1S/C16H24N2OS/c19-16(17-15-8-4-3-5-9-15)14-20-13-12-18-10-6-1-2-7-11-18/h3-5,8-9H,1-2,6-7,10-14H2,(H,17,19). The lowest BCUT2D eigenvalue weighted by Gasteiger charge is -2.19. The second-order valence-corrected chi connectivity index (χ2v) is 6.33. The molecule has 1 N–H and O–H groups in total. The van der Waals surface area contributed by atoms with E-state index in [1.165, 1.54) is 38.8 Å². The number of hydrogen-bond donors (Lipinski definition) is 1. The first-order valence-corrected chi connectivity index (χ1v) is 8.65. The number of benzene rings is 1. The minimum absolute atomic E-state index is 0.0945. The number of rotatable bonds is 6. The summed E-state index contributed by atoms with van der Waals surface area (Å²) in [5.74, 6) is 1.68. The molecule has 1 aliphatic rings. The Morgan fingerprint density at radius 1 is 1.10 bits per heavy atom. The molecule has 1 aliphatic heterocycles. The molecule has 1 saturated heterocycles. The van der Waals surface area contributed by atoms with Crippen LogP contribution in [0.2, 0.25) is 0 Å². The molecule has 1 fully saturated rings. The van der Waals surface area contributed by atoms with Crippen LogP contribution in [0, 0.1) is 0 Å². The zero-order chi connectivity index (χ0) is 14.0. The number of likely N-dealkylation sites (tertiary alicyclic amines) is 1. The van der Waals surface area contributed by atoms with Gasteiger partial charge in [0.05, 0.1) is 5.75 Å². The number of carbonyl (C=O) groups excluding carboxylic acids is 1. The predicted octanol–water partition coefficient (Wildman–Crippen LogP) is 3.23. The Balaban J connectivity index is 1.57. The summed E-state index contributed by atoms with van der Waals surface area (Å²) in [6.45, 7) is 3.58. The van der Waals surface area contributed by atoms with Gasteiger partial charge in [-0.3, -0.25) is 4.79 Å². The van der Waals surface area contributed by atoms with Gasteiger partial charge in [-0.15, -0.1) is 0 Å². The molecule has 3 nitrogen and oxygen atoms in total. The van der Waals surface area contributed by atoms with E-state index in [2.05, 4.69) is 10.2 Å². The van der Waals surface area contributed by atoms with Crippen molar-refractivity contribution >= 4 is 23.4 Å². The van der Waals surface area contributed by atoms with Crippen molar-refractivity contribution in [3.05, 3.63) is 30.3 Å². The van der Waals surface area contributed by atoms with Crippen LogP contribution in [0.4, 0.5) is 5.69 Å². The number of thioether (sulfide) groups is 1. The Labute approximate surface area is 126 Å². The molecule has 0 bridgehead atoms. The third-order valence-corrected chi connectivity index (χ3v) is 4.48. The molecule has 0 saturated carbocycles. The number of amides is 1.